The number of carbonyl (C=O) groups excluding carboxylic acids is 3. The lowest BCUT2D eigenvalue weighted by Gasteiger charge is -2.22. The van der Waals surface area contributed by atoms with E-state index in [-0.39, 0.29) is 29.5 Å². The SMILES string of the molecule is Cc1cc(CNC(=O)c2cc(C(=O)N3CCCC3C(N)=O)n3ncnc3n2)ccc1F. The van der Waals surface area contributed by atoms with Crippen molar-refractivity contribution in [2.45, 2.75) is 32.4 Å². The summed E-state index contributed by atoms with van der Waals surface area (Å²) < 4.78 is 14.6. The molecule has 31 heavy (non-hydrogen) atoms. The molecule has 1 aromatic carbocycles. The normalized spacial score (nSPS) is 15.9. The van der Waals surface area contributed by atoms with Crippen LogP contribution in [0.15, 0.2) is 30.6 Å². The first kappa shape index (κ1) is 20.4. The summed E-state index contributed by atoms with van der Waals surface area (Å²) in [7, 11) is 0. The Bertz CT molecular complexity index is 1190. The Labute approximate surface area is 176 Å². The van der Waals surface area contributed by atoms with Gasteiger partial charge in [-0.3, -0.25) is 14.4 Å². The van der Waals surface area contributed by atoms with Crippen molar-refractivity contribution in [3.8, 4) is 0 Å². The summed E-state index contributed by atoms with van der Waals surface area (Å²) in [6.07, 6.45) is 2.35. The van der Waals surface area contributed by atoms with Crippen molar-refractivity contribution in [2.24, 2.45) is 5.73 Å². The van der Waals surface area contributed by atoms with Crippen LogP contribution in [0.4, 0.5) is 4.39 Å². The monoisotopic (exact) mass is 425 g/mol. The molecule has 1 aliphatic rings. The molecule has 3 amide bonds. The molecular weight excluding hydrogens is 405 g/mol. The summed E-state index contributed by atoms with van der Waals surface area (Å²) in [6.45, 7) is 2.16. The fraction of sp³-hybridized carbons (Fsp3) is 0.300. The maximum absolute atomic E-state index is 13.4. The largest absolute Gasteiger partial charge is 0.368 e. The predicted molar refractivity (Wildman–Crippen MR) is 106 cm³/mol. The molecule has 0 bridgehead atoms. The lowest BCUT2D eigenvalue weighted by atomic mass is 10.1. The Balaban J connectivity index is 1.60. The average Bonchev–Trinajstić information content (AvgIpc) is 3.42. The molecule has 10 nitrogen and oxygen atoms in total. The number of benzene rings is 1. The number of primary amides is 1. The maximum Gasteiger partial charge on any atom is 0.273 e. The minimum atomic E-state index is -0.710. The van der Waals surface area contributed by atoms with E-state index in [0.29, 0.717) is 30.5 Å². The molecule has 0 spiro atoms. The molecule has 2 aromatic heterocycles. The van der Waals surface area contributed by atoms with Crippen LogP contribution in [0.3, 0.4) is 0 Å². The molecule has 1 saturated heterocycles. The highest BCUT2D eigenvalue weighted by molar-refractivity contribution is 6.00. The second kappa shape index (κ2) is 8.09. The molecule has 1 aliphatic heterocycles. The van der Waals surface area contributed by atoms with Crippen molar-refractivity contribution in [1.29, 1.82) is 0 Å². The zero-order valence-electron chi connectivity index (χ0n) is 16.7. The van der Waals surface area contributed by atoms with Gasteiger partial charge < -0.3 is 16.0 Å². The number of amides is 3. The Kier molecular flexibility index (Phi) is 5.32. The van der Waals surface area contributed by atoms with E-state index >= 15 is 0 Å². The molecule has 1 unspecified atom stereocenters. The number of aryl methyl sites for hydroxylation is 1. The number of aromatic nitrogens is 4. The molecule has 3 N–H and O–H groups in total. The minimum Gasteiger partial charge on any atom is -0.368 e. The highest BCUT2D eigenvalue weighted by Gasteiger charge is 2.34. The average molecular weight is 425 g/mol. The van der Waals surface area contributed by atoms with Gasteiger partial charge in [-0.1, -0.05) is 12.1 Å². The van der Waals surface area contributed by atoms with Crippen LogP contribution in [0.5, 0.6) is 0 Å². The maximum atomic E-state index is 13.4. The van der Waals surface area contributed by atoms with Gasteiger partial charge in [-0.2, -0.15) is 14.6 Å². The summed E-state index contributed by atoms with van der Waals surface area (Å²) in [5.41, 5.74) is 6.63. The van der Waals surface area contributed by atoms with Gasteiger partial charge in [-0.15, -0.1) is 0 Å². The fourth-order valence-corrected chi connectivity index (χ4v) is 3.62. The topological polar surface area (TPSA) is 136 Å². The van der Waals surface area contributed by atoms with Crippen molar-refractivity contribution in [2.75, 3.05) is 6.54 Å². The summed E-state index contributed by atoms with van der Waals surface area (Å²) in [5.74, 6) is -1.85. The third-order valence-electron chi connectivity index (χ3n) is 5.22. The number of hydrogen-bond acceptors (Lipinski definition) is 6. The number of fused-ring (bicyclic) bond motifs is 1. The molecule has 0 saturated carbocycles. The molecule has 11 heteroatoms. The first-order chi connectivity index (χ1) is 14.8. The highest BCUT2D eigenvalue weighted by atomic mass is 19.1. The standard InChI is InChI=1S/C20H20FN7O3/c1-11-7-12(4-5-13(11)21)9-23-18(30)14-8-16(28-20(26-14)24-10-25-28)19(31)27-6-2-3-15(27)17(22)29/h4-5,7-8,10,15H,2-3,6,9H2,1H3,(H2,22,29)(H,23,30). The van der Waals surface area contributed by atoms with Crippen molar-refractivity contribution >= 4 is 23.5 Å². The van der Waals surface area contributed by atoms with E-state index < -0.39 is 23.8 Å². The second-order valence-electron chi connectivity index (χ2n) is 7.32. The summed E-state index contributed by atoms with van der Waals surface area (Å²) >= 11 is 0. The van der Waals surface area contributed by atoms with E-state index in [4.69, 9.17) is 5.73 Å². The van der Waals surface area contributed by atoms with Gasteiger partial charge in [0.25, 0.3) is 17.6 Å². The molecule has 3 aromatic rings. The van der Waals surface area contributed by atoms with E-state index in [1.165, 1.54) is 27.9 Å². The number of rotatable bonds is 5. The van der Waals surface area contributed by atoms with E-state index in [2.05, 4.69) is 20.4 Å². The Morgan fingerprint density at radius 1 is 1.29 bits per heavy atom. The van der Waals surface area contributed by atoms with Gasteiger partial charge in [0.15, 0.2) is 0 Å². The molecule has 0 aliphatic carbocycles. The van der Waals surface area contributed by atoms with Crippen LogP contribution in [0.2, 0.25) is 0 Å². The Morgan fingerprint density at radius 3 is 2.84 bits per heavy atom. The smallest absolute Gasteiger partial charge is 0.273 e. The van der Waals surface area contributed by atoms with Crippen LogP contribution in [0.1, 0.15) is 44.9 Å². The lowest BCUT2D eigenvalue weighted by molar-refractivity contribution is -0.121. The number of nitrogens with one attached hydrogen (secondary N) is 1. The Hall–Kier alpha value is -3.89. The number of carbonyl (C=O) groups is 3. The van der Waals surface area contributed by atoms with E-state index in [9.17, 15) is 18.8 Å². The van der Waals surface area contributed by atoms with Crippen molar-refractivity contribution in [1.82, 2.24) is 29.8 Å². The van der Waals surface area contributed by atoms with Gasteiger partial charge in [0.05, 0.1) is 0 Å². The molecular formula is C20H20FN7O3. The first-order valence-corrected chi connectivity index (χ1v) is 9.69. The number of likely N-dealkylation sites (tertiary alicyclic amines) is 1. The van der Waals surface area contributed by atoms with Gasteiger partial charge in [-0.05, 0) is 37.0 Å². The molecule has 160 valence electrons. The lowest BCUT2D eigenvalue weighted by Crippen LogP contribution is -2.44. The van der Waals surface area contributed by atoms with Crippen molar-refractivity contribution < 1.29 is 18.8 Å². The summed E-state index contributed by atoms with van der Waals surface area (Å²) in [5, 5.41) is 6.71. The summed E-state index contributed by atoms with van der Waals surface area (Å²) in [6, 6.07) is 5.14. The number of halogens is 1. The molecule has 1 atom stereocenters. The molecule has 4 rings (SSSR count). The van der Waals surface area contributed by atoms with Crippen molar-refractivity contribution in [3.05, 3.63) is 58.9 Å². The zero-order valence-corrected chi connectivity index (χ0v) is 16.7. The van der Waals surface area contributed by atoms with Gasteiger partial charge in [0.2, 0.25) is 5.91 Å². The third-order valence-corrected chi connectivity index (χ3v) is 5.22. The predicted octanol–water partition coefficient (Wildman–Crippen LogP) is 0.592. The number of hydrogen-bond donors (Lipinski definition) is 2. The number of nitrogens with zero attached hydrogens (tertiary/aromatic N) is 5. The van der Waals surface area contributed by atoms with Crippen LogP contribution in [-0.4, -0.2) is 54.8 Å². The van der Waals surface area contributed by atoms with E-state index in [1.807, 2.05) is 0 Å². The fourth-order valence-electron chi connectivity index (χ4n) is 3.62. The molecule has 3 heterocycles. The van der Waals surface area contributed by atoms with Crippen LogP contribution >= 0.6 is 0 Å². The molecule has 0 radical (unpaired) electrons. The van der Waals surface area contributed by atoms with Gasteiger partial charge >= 0.3 is 0 Å². The Morgan fingerprint density at radius 2 is 2.10 bits per heavy atom. The number of nitrogens with two attached hydrogens (primary N) is 1. The highest BCUT2D eigenvalue weighted by Crippen LogP contribution is 2.20. The van der Waals surface area contributed by atoms with E-state index in [0.717, 1.165) is 0 Å². The van der Waals surface area contributed by atoms with Crippen LogP contribution < -0.4 is 11.1 Å². The van der Waals surface area contributed by atoms with Crippen LogP contribution in [-0.2, 0) is 11.3 Å². The van der Waals surface area contributed by atoms with Gasteiger partial charge in [-0.25, -0.2) is 9.37 Å². The second-order valence-corrected chi connectivity index (χ2v) is 7.32. The van der Waals surface area contributed by atoms with Gasteiger partial charge in [0.1, 0.15) is 29.6 Å². The summed E-state index contributed by atoms with van der Waals surface area (Å²) in [4.78, 5) is 47.0. The van der Waals surface area contributed by atoms with Crippen molar-refractivity contribution in [3.63, 3.8) is 0 Å². The van der Waals surface area contributed by atoms with E-state index in [1.54, 1.807) is 19.1 Å². The van der Waals surface area contributed by atoms with Crippen LogP contribution in [0.25, 0.3) is 5.78 Å². The third kappa shape index (κ3) is 3.93. The first-order valence-electron chi connectivity index (χ1n) is 9.69. The zero-order chi connectivity index (χ0) is 22.1. The molecule has 1 fully saturated rings. The quantitative estimate of drug-likeness (QED) is 0.614. The van der Waals surface area contributed by atoms with Crippen LogP contribution in [0, 0.1) is 12.7 Å². The van der Waals surface area contributed by atoms with Gasteiger partial charge in [0, 0.05) is 19.2 Å². The minimum absolute atomic E-state index is 0.0301.